The van der Waals surface area contributed by atoms with Crippen LogP contribution >= 0.6 is 0 Å². The maximum atomic E-state index is 13.7. The molecular weight excluding hydrogens is 283 g/mol. The molecule has 5 nitrogen and oxygen atoms in total. The number of halogens is 1. The lowest BCUT2D eigenvalue weighted by atomic mass is 10.1. The van der Waals surface area contributed by atoms with Gasteiger partial charge in [0.25, 0.3) is 0 Å². The van der Waals surface area contributed by atoms with Gasteiger partial charge in [-0.25, -0.2) is 17.5 Å². The standard InChI is InChI=1S/C13H21FN2O3S/c1-9-11(14)5-10(7-15)6-12(9)20(17,18)16-8-13(2,3)19-4/h5-6,16H,7-8,15H2,1-4H3. The molecule has 0 unspecified atom stereocenters. The van der Waals surface area contributed by atoms with Crippen LogP contribution in [0.4, 0.5) is 4.39 Å². The van der Waals surface area contributed by atoms with Gasteiger partial charge in [0.1, 0.15) is 5.82 Å². The van der Waals surface area contributed by atoms with E-state index >= 15 is 0 Å². The monoisotopic (exact) mass is 304 g/mol. The van der Waals surface area contributed by atoms with Crippen molar-refractivity contribution in [1.29, 1.82) is 0 Å². The van der Waals surface area contributed by atoms with Gasteiger partial charge in [-0.2, -0.15) is 0 Å². The lowest BCUT2D eigenvalue weighted by molar-refractivity contribution is 0.0276. The predicted molar refractivity (Wildman–Crippen MR) is 75.3 cm³/mol. The SMILES string of the molecule is COC(C)(C)CNS(=O)(=O)c1cc(CN)cc(F)c1C. The van der Waals surface area contributed by atoms with Crippen molar-refractivity contribution in [2.45, 2.75) is 37.8 Å². The van der Waals surface area contributed by atoms with E-state index in [0.29, 0.717) is 5.56 Å². The predicted octanol–water partition coefficient (Wildman–Crippen LogP) is 1.30. The average Bonchev–Trinajstić information content (AvgIpc) is 2.39. The Morgan fingerprint density at radius 1 is 1.40 bits per heavy atom. The molecule has 0 aliphatic heterocycles. The number of benzene rings is 1. The Labute approximate surface area is 119 Å². The van der Waals surface area contributed by atoms with E-state index in [4.69, 9.17) is 10.5 Å². The smallest absolute Gasteiger partial charge is 0.241 e. The van der Waals surface area contributed by atoms with E-state index in [9.17, 15) is 12.8 Å². The molecule has 0 atom stereocenters. The highest BCUT2D eigenvalue weighted by atomic mass is 32.2. The van der Waals surface area contributed by atoms with Gasteiger partial charge >= 0.3 is 0 Å². The Balaban J connectivity index is 3.13. The van der Waals surface area contributed by atoms with E-state index in [1.807, 2.05) is 0 Å². The zero-order valence-electron chi connectivity index (χ0n) is 12.2. The zero-order chi connectivity index (χ0) is 15.6. The van der Waals surface area contributed by atoms with Crippen molar-refractivity contribution < 1.29 is 17.5 Å². The molecule has 0 radical (unpaired) electrons. The van der Waals surface area contributed by atoms with Crippen molar-refractivity contribution in [2.24, 2.45) is 5.73 Å². The van der Waals surface area contributed by atoms with E-state index in [1.165, 1.54) is 26.2 Å². The fourth-order valence-corrected chi connectivity index (χ4v) is 3.02. The fraction of sp³-hybridized carbons (Fsp3) is 0.538. The van der Waals surface area contributed by atoms with E-state index < -0.39 is 21.4 Å². The number of sulfonamides is 1. The van der Waals surface area contributed by atoms with Gasteiger partial charge in [-0.15, -0.1) is 0 Å². The van der Waals surface area contributed by atoms with E-state index in [2.05, 4.69) is 4.72 Å². The second kappa shape index (κ2) is 6.17. The van der Waals surface area contributed by atoms with Gasteiger partial charge in [0.15, 0.2) is 0 Å². The van der Waals surface area contributed by atoms with Gasteiger partial charge in [0.05, 0.1) is 10.5 Å². The summed E-state index contributed by atoms with van der Waals surface area (Å²) in [7, 11) is -2.32. The Morgan fingerprint density at radius 3 is 2.50 bits per heavy atom. The first-order valence-corrected chi connectivity index (χ1v) is 7.65. The maximum absolute atomic E-state index is 13.7. The van der Waals surface area contributed by atoms with Gasteiger partial charge in [0.2, 0.25) is 10.0 Å². The number of hydrogen-bond acceptors (Lipinski definition) is 4. The molecule has 1 aromatic carbocycles. The van der Waals surface area contributed by atoms with Crippen LogP contribution in [-0.2, 0) is 21.3 Å². The van der Waals surface area contributed by atoms with Crippen molar-refractivity contribution in [1.82, 2.24) is 4.72 Å². The van der Waals surface area contributed by atoms with Gasteiger partial charge in [-0.05, 0) is 38.5 Å². The van der Waals surface area contributed by atoms with Crippen LogP contribution in [0.2, 0.25) is 0 Å². The van der Waals surface area contributed by atoms with E-state index in [1.54, 1.807) is 13.8 Å². The third-order valence-corrected chi connectivity index (χ3v) is 4.65. The van der Waals surface area contributed by atoms with Crippen LogP contribution in [0.3, 0.4) is 0 Å². The summed E-state index contributed by atoms with van der Waals surface area (Å²) in [5.41, 5.74) is 5.30. The molecule has 0 aliphatic rings. The Kier molecular flexibility index (Phi) is 5.26. The highest BCUT2D eigenvalue weighted by Crippen LogP contribution is 2.21. The third kappa shape index (κ3) is 3.99. The summed E-state index contributed by atoms with van der Waals surface area (Å²) in [5, 5.41) is 0. The molecule has 0 spiro atoms. The Hall–Kier alpha value is -1.02. The molecule has 0 saturated heterocycles. The van der Waals surface area contributed by atoms with E-state index in [0.717, 1.165) is 0 Å². The first kappa shape index (κ1) is 17.0. The van der Waals surface area contributed by atoms with Crippen molar-refractivity contribution in [3.05, 3.63) is 29.1 Å². The molecular formula is C13H21FN2O3S. The largest absolute Gasteiger partial charge is 0.377 e. The number of rotatable bonds is 6. The molecule has 20 heavy (non-hydrogen) atoms. The maximum Gasteiger partial charge on any atom is 0.241 e. The zero-order valence-corrected chi connectivity index (χ0v) is 13.0. The van der Waals surface area contributed by atoms with Crippen LogP contribution in [-0.4, -0.2) is 27.7 Å². The molecule has 0 amide bonds. The molecule has 114 valence electrons. The minimum absolute atomic E-state index is 0.0727. The third-order valence-electron chi connectivity index (χ3n) is 3.12. The summed E-state index contributed by atoms with van der Waals surface area (Å²) >= 11 is 0. The minimum atomic E-state index is -3.81. The molecule has 3 N–H and O–H groups in total. The lowest BCUT2D eigenvalue weighted by Crippen LogP contribution is -2.40. The van der Waals surface area contributed by atoms with Crippen molar-refractivity contribution in [2.75, 3.05) is 13.7 Å². The average molecular weight is 304 g/mol. The Morgan fingerprint density at radius 2 is 2.00 bits per heavy atom. The quantitative estimate of drug-likeness (QED) is 0.830. The molecule has 0 aromatic heterocycles. The highest BCUT2D eigenvalue weighted by molar-refractivity contribution is 7.89. The normalized spacial score (nSPS) is 12.7. The van der Waals surface area contributed by atoms with Crippen LogP contribution in [0.1, 0.15) is 25.0 Å². The number of nitrogens with one attached hydrogen (secondary N) is 1. The van der Waals surface area contributed by atoms with Gasteiger partial charge in [-0.3, -0.25) is 0 Å². The van der Waals surface area contributed by atoms with Crippen molar-refractivity contribution >= 4 is 10.0 Å². The van der Waals surface area contributed by atoms with Crippen LogP contribution in [0.15, 0.2) is 17.0 Å². The second-order valence-corrected chi connectivity index (χ2v) is 6.93. The first-order valence-electron chi connectivity index (χ1n) is 6.17. The molecule has 0 heterocycles. The van der Waals surface area contributed by atoms with Crippen LogP contribution in [0, 0.1) is 12.7 Å². The molecule has 0 saturated carbocycles. The molecule has 0 aliphatic carbocycles. The van der Waals surface area contributed by atoms with Crippen LogP contribution < -0.4 is 10.5 Å². The Bertz CT molecular complexity index is 586. The summed E-state index contributed by atoms with van der Waals surface area (Å²) in [5.74, 6) is -0.584. The van der Waals surface area contributed by atoms with E-state index in [-0.39, 0.29) is 23.5 Å². The van der Waals surface area contributed by atoms with Crippen molar-refractivity contribution in [3.8, 4) is 0 Å². The summed E-state index contributed by atoms with van der Waals surface area (Å²) in [6, 6.07) is 2.63. The second-order valence-electron chi connectivity index (χ2n) is 5.19. The van der Waals surface area contributed by atoms with Crippen LogP contribution in [0.25, 0.3) is 0 Å². The van der Waals surface area contributed by atoms with Gasteiger partial charge in [0, 0.05) is 25.8 Å². The molecule has 1 rings (SSSR count). The summed E-state index contributed by atoms with van der Waals surface area (Å²) in [6.07, 6.45) is 0. The van der Waals surface area contributed by atoms with Gasteiger partial charge < -0.3 is 10.5 Å². The highest BCUT2D eigenvalue weighted by Gasteiger charge is 2.24. The van der Waals surface area contributed by atoms with Crippen LogP contribution in [0.5, 0.6) is 0 Å². The van der Waals surface area contributed by atoms with Gasteiger partial charge in [-0.1, -0.05) is 0 Å². The molecule has 0 bridgehead atoms. The summed E-state index contributed by atoms with van der Waals surface area (Å²) < 4.78 is 45.8. The number of methoxy groups -OCH3 is 1. The molecule has 0 fully saturated rings. The number of nitrogens with two attached hydrogens (primary N) is 1. The summed E-state index contributed by atoms with van der Waals surface area (Å²) in [4.78, 5) is -0.0927. The summed E-state index contributed by atoms with van der Waals surface area (Å²) in [6.45, 7) is 5.08. The minimum Gasteiger partial charge on any atom is -0.377 e. The molecule has 1 aromatic rings. The topological polar surface area (TPSA) is 81.4 Å². The lowest BCUT2D eigenvalue weighted by Gasteiger charge is -2.23. The number of hydrogen-bond donors (Lipinski definition) is 2. The fourth-order valence-electron chi connectivity index (χ4n) is 1.52. The van der Waals surface area contributed by atoms with Crippen molar-refractivity contribution in [3.63, 3.8) is 0 Å². The number of ether oxygens (including phenoxy) is 1. The first-order chi connectivity index (χ1) is 9.13. The molecule has 7 heteroatoms.